The smallest absolute Gasteiger partial charge is 0.356 e. The second-order valence-electron chi connectivity index (χ2n) is 6.12. The molecule has 0 radical (unpaired) electrons. The van der Waals surface area contributed by atoms with Crippen molar-refractivity contribution >= 4 is 11.7 Å². The summed E-state index contributed by atoms with van der Waals surface area (Å²) in [4.78, 5) is 17.9. The van der Waals surface area contributed by atoms with Gasteiger partial charge in [0.1, 0.15) is 11.6 Å². The van der Waals surface area contributed by atoms with Crippen molar-refractivity contribution in [1.82, 2.24) is 10.3 Å². The minimum atomic E-state index is -4.41. The molecule has 3 rings (SSSR count). The molecule has 1 fully saturated rings. The first-order valence-electron chi connectivity index (χ1n) is 8.18. The molecule has 1 amide bonds. The standard InChI is InChI=1S/C18H17F4N3O/c19-15-4-2-1-3-14(15)17(26)24-13-7-9-25(10-8-13)16-6-5-12(11-23-16)18(20,21)22/h1-6,11,13H,7-10H2,(H,24,26). The van der Waals surface area contributed by atoms with Gasteiger partial charge in [0.2, 0.25) is 0 Å². The van der Waals surface area contributed by atoms with Crippen LogP contribution in [0.2, 0.25) is 0 Å². The molecule has 138 valence electrons. The number of nitrogens with one attached hydrogen (secondary N) is 1. The number of nitrogens with zero attached hydrogens (tertiary/aromatic N) is 2. The molecule has 1 saturated heterocycles. The Morgan fingerprint density at radius 2 is 1.81 bits per heavy atom. The molecule has 0 atom stereocenters. The number of hydrogen-bond donors (Lipinski definition) is 1. The summed E-state index contributed by atoms with van der Waals surface area (Å²) in [5.74, 6) is -0.567. The van der Waals surface area contributed by atoms with E-state index in [0.29, 0.717) is 31.7 Å². The second-order valence-corrected chi connectivity index (χ2v) is 6.12. The third-order valence-corrected chi connectivity index (χ3v) is 4.35. The Balaban J connectivity index is 1.56. The van der Waals surface area contributed by atoms with E-state index in [1.165, 1.54) is 24.3 Å². The van der Waals surface area contributed by atoms with Crippen molar-refractivity contribution in [3.8, 4) is 0 Å². The summed E-state index contributed by atoms with van der Waals surface area (Å²) in [6, 6.07) is 8.00. The molecule has 1 aliphatic heterocycles. The number of hydrogen-bond acceptors (Lipinski definition) is 3. The van der Waals surface area contributed by atoms with Crippen molar-refractivity contribution in [2.24, 2.45) is 0 Å². The Hall–Kier alpha value is -2.64. The van der Waals surface area contributed by atoms with E-state index < -0.39 is 23.5 Å². The van der Waals surface area contributed by atoms with Crippen LogP contribution < -0.4 is 10.2 Å². The zero-order chi connectivity index (χ0) is 18.7. The van der Waals surface area contributed by atoms with Gasteiger partial charge in [0.25, 0.3) is 5.91 Å². The highest BCUT2D eigenvalue weighted by Crippen LogP contribution is 2.29. The van der Waals surface area contributed by atoms with E-state index in [-0.39, 0.29) is 11.6 Å². The average molecular weight is 367 g/mol. The van der Waals surface area contributed by atoms with Crippen LogP contribution in [0.15, 0.2) is 42.6 Å². The van der Waals surface area contributed by atoms with E-state index in [1.807, 2.05) is 4.90 Å². The molecule has 1 N–H and O–H groups in total. The van der Waals surface area contributed by atoms with Crippen LogP contribution >= 0.6 is 0 Å². The molecule has 26 heavy (non-hydrogen) atoms. The number of aromatic nitrogens is 1. The maximum atomic E-state index is 13.6. The lowest BCUT2D eigenvalue weighted by Gasteiger charge is -2.33. The van der Waals surface area contributed by atoms with Gasteiger partial charge in [-0.3, -0.25) is 4.79 Å². The maximum absolute atomic E-state index is 13.6. The summed E-state index contributed by atoms with van der Waals surface area (Å²) < 4.78 is 51.4. The molecule has 4 nitrogen and oxygen atoms in total. The van der Waals surface area contributed by atoms with Crippen LogP contribution in [-0.4, -0.2) is 30.0 Å². The number of pyridine rings is 1. The lowest BCUT2D eigenvalue weighted by atomic mass is 10.0. The number of benzene rings is 1. The predicted molar refractivity (Wildman–Crippen MR) is 88.3 cm³/mol. The quantitative estimate of drug-likeness (QED) is 0.843. The number of rotatable bonds is 3. The molecule has 1 aromatic heterocycles. The number of alkyl halides is 3. The van der Waals surface area contributed by atoms with E-state index in [2.05, 4.69) is 10.3 Å². The van der Waals surface area contributed by atoms with E-state index in [1.54, 1.807) is 6.07 Å². The van der Waals surface area contributed by atoms with Gasteiger partial charge < -0.3 is 10.2 Å². The highest BCUT2D eigenvalue weighted by atomic mass is 19.4. The molecule has 2 heterocycles. The molecule has 8 heteroatoms. The Bertz CT molecular complexity index is 769. The van der Waals surface area contributed by atoms with Crippen LogP contribution in [0, 0.1) is 5.82 Å². The van der Waals surface area contributed by atoms with Crippen LogP contribution in [0.4, 0.5) is 23.4 Å². The zero-order valence-electron chi connectivity index (χ0n) is 13.8. The van der Waals surface area contributed by atoms with Crippen molar-refractivity contribution in [2.45, 2.75) is 25.1 Å². The number of piperidine rings is 1. The van der Waals surface area contributed by atoms with E-state index >= 15 is 0 Å². The summed E-state index contributed by atoms with van der Waals surface area (Å²) in [5, 5.41) is 2.80. The Labute approximate surface area is 147 Å². The maximum Gasteiger partial charge on any atom is 0.417 e. The summed E-state index contributed by atoms with van der Waals surface area (Å²) in [7, 11) is 0. The van der Waals surface area contributed by atoms with E-state index in [4.69, 9.17) is 0 Å². The van der Waals surface area contributed by atoms with Crippen LogP contribution in [0.25, 0.3) is 0 Å². The average Bonchev–Trinajstić information content (AvgIpc) is 2.62. The van der Waals surface area contributed by atoms with Crippen molar-refractivity contribution in [3.63, 3.8) is 0 Å². The van der Waals surface area contributed by atoms with Gasteiger partial charge >= 0.3 is 6.18 Å². The molecule has 0 spiro atoms. The van der Waals surface area contributed by atoms with Gasteiger partial charge in [-0.25, -0.2) is 9.37 Å². The summed E-state index contributed by atoms with van der Waals surface area (Å²) in [6.07, 6.45) is -2.39. The monoisotopic (exact) mass is 367 g/mol. The van der Waals surface area contributed by atoms with Crippen molar-refractivity contribution in [1.29, 1.82) is 0 Å². The molecule has 0 aliphatic carbocycles. The largest absolute Gasteiger partial charge is 0.417 e. The molecule has 0 saturated carbocycles. The Morgan fingerprint density at radius 3 is 2.38 bits per heavy atom. The molecule has 2 aromatic rings. The fourth-order valence-corrected chi connectivity index (χ4v) is 2.90. The topological polar surface area (TPSA) is 45.2 Å². The van der Waals surface area contributed by atoms with E-state index in [0.717, 1.165) is 12.3 Å². The van der Waals surface area contributed by atoms with Crippen molar-refractivity contribution < 1.29 is 22.4 Å². The zero-order valence-corrected chi connectivity index (χ0v) is 13.8. The summed E-state index contributed by atoms with van der Waals surface area (Å²) >= 11 is 0. The minimum absolute atomic E-state index is 0.000615. The lowest BCUT2D eigenvalue weighted by molar-refractivity contribution is -0.137. The number of carbonyl (C=O) groups excluding carboxylic acids is 1. The third-order valence-electron chi connectivity index (χ3n) is 4.35. The number of halogens is 4. The van der Waals surface area contributed by atoms with Gasteiger partial charge in [-0.05, 0) is 37.1 Å². The fraction of sp³-hybridized carbons (Fsp3) is 0.333. The molecular weight excluding hydrogens is 350 g/mol. The van der Waals surface area contributed by atoms with Crippen molar-refractivity contribution in [2.75, 3.05) is 18.0 Å². The summed E-state index contributed by atoms with van der Waals surface area (Å²) in [5.41, 5.74) is -0.785. The second kappa shape index (κ2) is 7.31. The number of carbonyl (C=O) groups is 1. The normalized spacial score (nSPS) is 15.8. The third kappa shape index (κ3) is 4.12. The minimum Gasteiger partial charge on any atom is -0.356 e. The molecular formula is C18H17F4N3O. The lowest BCUT2D eigenvalue weighted by Crippen LogP contribution is -2.45. The highest BCUT2D eigenvalue weighted by molar-refractivity contribution is 5.94. The van der Waals surface area contributed by atoms with E-state index in [9.17, 15) is 22.4 Å². The van der Waals surface area contributed by atoms with Gasteiger partial charge in [-0.2, -0.15) is 13.2 Å². The molecule has 0 bridgehead atoms. The first kappa shape index (κ1) is 18.2. The Kier molecular flexibility index (Phi) is 5.11. The van der Waals surface area contributed by atoms with Crippen LogP contribution in [0.3, 0.4) is 0 Å². The van der Waals surface area contributed by atoms with Crippen molar-refractivity contribution in [3.05, 3.63) is 59.5 Å². The Morgan fingerprint density at radius 1 is 1.12 bits per heavy atom. The molecule has 1 aromatic carbocycles. The number of amides is 1. The van der Waals surface area contributed by atoms with Gasteiger partial charge in [0.15, 0.2) is 0 Å². The fourth-order valence-electron chi connectivity index (χ4n) is 2.90. The SMILES string of the molecule is O=C(NC1CCN(c2ccc(C(F)(F)F)cn2)CC1)c1ccccc1F. The van der Waals surface area contributed by atoms with Crippen LogP contribution in [-0.2, 0) is 6.18 Å². The highest BCUT2D eigenvalue weighted by Gasteiger charge is 2.31. The van der Waals surface area contributed by atoms with Gasteiger partial charge in [-0.1, -0.05) is 12.1 Å². The summed E-state index contributed by atoms with van der Waals surface area (Å²) in [6.45, 7) is 1.08. The number of anilines is 1. The molecule has 0 unspecified atom stereocenters. The first-order valence-corrected chi connectivity index (χ1v) is 8.18. The van der Waals surface area contributed by atoms with Gasteiger partial charge in [0, 0.05) is 25.3 Å². The van der Waals surface area contributed by atoms with Gasteiger partial charge in [-0.15, -0.1) is 0 Å². The molecule has 1 aliphatic rings. The van der Waals surface area contributed by atoms with Crippen LogP contribution in [0.1, 0.15) is 28.8 Å². The van der Waals surface area contributed by atoms with Crippen LogP contribution in [0.5, 0.6) is 0 Å². The first-order chi connectivity index (χ1) is 12.3. The predicted octanol–water partition coefficient (Wildman–Crippen LogP) is 3.64. The van der Waals surface area contributed by atoms with Gasteiger partial charge in [0.05, 0.1) is 11.1 Å².